The Labute approximate surface area is 172 Å². The highest BCUT2D eigenvalue weighted by molar-refractivity contribution is 5.87. The third-order valence-corrected chi connectivity index (χ3v) is 6.16. The molecule has 1 amide bonds. The summed E-state index contributed by atoms with van der Waals surface area (Å²) in [6.45, 7) is 9.04. The molecule has 1 unspecified atom stereocenters. The largest absolute Gasteiger partial charge is 0.410 e. The van der Waals surface area contributed by atoms with Gasteiger partial charge < -0.3 is 25.3 Å². The number of hydrogen-bond acceptors (Lipinski definition) is 6. The van der Waals surface area contributed by atoms with Crippen molar-refractivity contribution < 1.29 is 9.53 Å². The number of para-hydroxylation sites is 1. The molecule has 8 nitrogen and oxygen atoms in total. The first-order valence-corrected chi connectivity index (χ1v) is 10.8. The lowest BCUT2D eigenvalue weighted by atomic mass is 10.0. The molecule has 2 aliphatic rings. The van der Waals surface area contributed by atoms with Crippen molar-refractivity contribution >= 4 is 23.1 Å². The van der Waals surface area contributed by atoms with Crippen LogP contribution in [0.2, 0.25) is 0 Å². The van der Waals surface area contributed by atoms with E-state index in [-0.39, 0.29) is 0 Å². The molecule has 1 aromatic carbocycles. The number of anilines is 1. The second kappa shape index (κ2) is 9.00. The molecule has 2 aliphatic heterocycles. The van der Waals surface area contributed by atoms with Crippen molar-refractivity contribution in [1.29, 1.82) is 0 Å². The summed E-state index contributed by atoms with van der Waals surface area (Å²) in [6, 6.07) is 6.38. The van der Waals surface area contributed by atoms with Gasteiger partial charge in [-0.2, -0.15) is 0 Å². The van der Waals surface area contributed by atoms with Crippen LogP contribution in [0.3, 0.4) is 0 Å². The third kappa shape index (κ3) is 4.33. The van der Waals surface area contributed by atoms with Crippen LogP contribution in [0.25, 0.3) is 11.0 Å². The molecule has 158 valence electrons. The molecule has 8 heteroatoms. The van der Waals surface area contributed by atoms with Crippen molar-refractivity contribution in [2.75, 3.05) is 44.2 Å². The van der Waals surface area contributed by atoms with Gasteiger partial charge in [-0.05, 0) is 37.9 Å². The van der Waals surface area contributed by atoms with E-state index in [1.807, 2.05) is 6.07 Å². The average Bonchev–Trinajstić information content (AvgIpc) is 3.12. The number of carbonyl (C=O) groups excluding carboxylic acids is 1. The van der Waals surface area contributed by atoms with Gasteiger partial charge in [-0.15, -0.1) is 0 Å². The molecular formula is C21H32N6O2. The molecule has 3 N–H and O–H groups in total. The third-order valence-electron chi connectivity index (χ3n) is 6.16. The lowest BCUT2D eigenvalue weighted by Gasteiger charge is -2.36. The monoisotopic (exact) mass is 400 g/mol. The van der Waals surface area contributed by atoms with Gasteiger partial charge in [-0.25, -0.2) is 9.78 Å². The Morgan fingerprint density at radius 2 is 2.07 bits per heavy atom. The summed E-state index contributed by atoms with van der Waals surface area (Å²) in [4.78, 5) is 21.2. The number of ether oxygens (including phenoxy) is 1. The Morgan fingerprint density at radius 3 is 2.83 bits per heavy atom. The molecule has 3 heterocycles. The molecule has 1 atom stereocenters. The smallest absolute Gasteiger partial charge is 0.408 e. The number of piperazine rings is 1. The van der Waals surface area contributed by atoms with Crippen LogP contribution in [0, 0.1) is 0 Å². The zero-order chi connectivity index (χ0) is 20.2. The van der Waals surface area contributed by atoms with Gasteiger partial charge in [0.2, 0.25) is 5.95 Å². The fourth-order valence-corrected chi connectivity index (χ4v) is 4.67. The number of amides is 1. The van der Waals surface area contributed by atoms with Gasteiger partial charge in [0, 0.05) is 45.3 Å². The topological polar surface area (TPSA) is 88.7 Å². The van der Waals surface area contributed by atoms with Crippen LogP contribution in [0.15, 0.2) is 18.2 Å². The maximum absolute atomic E-state index is 11.3. The molecule has 0 spiro atoms. The number of likely N-dealkylation sites (tertiary alicyclic amines) is 1. The molecule has 4 rings (SSSR count). The van der Waals surface area contributed by atoms with E-state index in [2.05, 4.69) is 32.7 Å². The van der Waals surface area contributed by atoms with Crippen molar-refractivity contribution in [1.82, 2.24) is 19.8 Å². The summed E-state index contributed by atoms with van der Waals surface area (Å²) >= 11 is 0. The quantitative estimate of drug-likeness (QED) is 0.773. The van der Waals surface area contributed by atoms with Gasteiger partial charge in [-0.1, -0.05) is 19.4 Å². The van der Waals surface area contributed by atoms with Gasteiger partial charge in [0.05, 0.1) is 5.52 Å². The molecule has 0 radical (unpaired) electrons. The van der Waals surface area contributed by atoms with E-state index in [0.29, 0.717) is 17.3 Å². The normalized spacial score (nSPS) is 20.9. The number of imidazole rings is 1. The predicted molar refractivity (Wildman–Crippen MR) is 115 cm³/mol. The molecule has 2 fully saturated rings. The van der Waals surface area contributed by atoms with Crippen LogP contribution in [-0.4, -0.2) is 65.9 Å². The van der Waals surface area contributed by atoms with Gasteiger partial charge in [-0.3, -0.25) is 4.90 Å². The first kappa shape index (κ1) is 20.0. The fourth-order valence-electron chi connectivity index (χ4n) is 4.67. The molecule has 1 aromatic heterocycles. The van der Waals surface area contributed by atoms with E-state index in [9.17, 15) is 4.79 Å². The van der Waals surface area contributed by atoms with E-state index >= 15 is 0 Å². The van der Waals surface area contributed by atoms with Gasteiger partial charge in [0.15, 0.2) is 5.75 Å². The van der Waals surface area contributed by atoms with Gasteiger partial charge in [0.25, 0.3) is 0 Å². The summed E-state index contributed by atoms with van der Waals surface area (Å²) in [6.07, 6.45) is 4.30. The summed E-state index contributed by atoms with van der Waals surface area (Å²) in [5.74, 6) is 1.38. The Balaban J connectivity index is 1.66. The second-order valence-corrected chi connectivity index (χ2v) is 7.94. The van der Waals surface area contributed by atoms with Crippen molar-refractivity contribution in [3.05, 3.63) is 18.2 Å². The predicted octanol–water partition coefficient (Wildman–Crippen LogP) is 2.17. The lowest BCUT2D eigenvalue weighted by molar-refractivity contribution is 0.139. The molecule has 29 heavy (non-hydrogen) atoms. The Kier molecular flexibility index (Phi) is 6.20. The van der Waals surface area contributed by atoms with E-state index < -0.39 is 6.09 Å². The van der Waals surface area contributed by atoms with Crippen molar-refractivity contribution in [2.45, 2.75) is 45.2 Å². The summed E-state index contributed by atoms with van der Waals surface area (Å²) < 4.78 is 7.52. The minimum absolute atomic E-state index is 0.426. The molecule has 0 bridgehead atoms. The van der Waals surface area contributed by atoms with Crippen LogP contribution < -0.4 is 20.7 Å². The molecule has 2 saturated heterocycles. The zero-order valence-electron chi connectivity index (χ0n) is 17.3. The summed E-state index contributed by atoms with van der Waals surface area (Å²) in [5.41, 5.74) is 6.96. The highest BCUT2D eigenvalue weighted by Crippen LogP contribution is 2.30. The van der Waals surface area contributed by atoms with E-state index in [0.717, 1.165) is 50.7 Å². The Hall–Kier alpha value is -2.32. The number of nitrogens with zero attached hydrogens (tertiary/aromatic N) is 4. The SMILES string of the molecule is CCC1CCCCN1CCn1c(N2CCNCC2)nc2c(OC(N)=O)cccc21. The van der Waals surface area contributed by atoms with Crippen LogP contribution in [0.1, 0.15) is 32.6 Å². The first-order chi connectivity index (χ1) is 14.2. The van der Waals surface area contributed by atoms with Gasteiger partial charge in [0.1, 0.15) is 5.52 Å². The molecule has 0 saturated carbocycles. The van der Waals surface area contributed by atoms with Crippen LogP contribution >= 0.6 is 0 Å². The Bertz CT molecular complexity index is 845. The number of primary amides is 1. The van der Waals surface area contributed by atoms with Crippen LogP contribution in [-0.2, 0) is 6.54 Å². The molecular weight excluding hydrogens is 368 g/mol. The number of nitrogens with two attached hydrogens (primary N) is 1. The number of piperidine rings is 1. The number of benzene rings is 1. The van der Waals surface area contributed by atoms with Gasteiger partial charge >= 0.3 is 6.09 Å². The van der Waals surface area contributed by atoms with Crippen LogP contribution in [0.5, 0.6) is 5.75 Å². The van der Waals surface area contributed by atoms with E-state index in [1.165, 1.54) is 32.2 Å². The maximum Gasteiger partial charge on any atom is 0.410 e. The number of hydrogen-bond donors (Lipinski definition) is 2. The van der Waals surface area contributed by atoms with Crippen LogP contribution in [0.4, 0.5) is 10.7 Å². The van der Waals surface area contributed by atoms with Crippen molar-refractivity contribution in [3.63, 3.8) is 0 Å². The average molecular weight is 401 g/mol. The zero-order valence-corrected chi connectivity index (χ0v) is 17.3. The minimum atomic E-state index is -0.810. The molecule has 2 aromatic rings. The molecule has 0 aliphatic carbocycles. The lowest BCUT2D eigenvalue weighted by Crippen LogP contribution is -2.45. The number of nitrogens with one attached hydrogen (secondary N) is 1. The van der Waals surface area contributed by atoms with E-state index in [1.54, 1.807) is 6.07 Å². The number of rotatable bonds is 6. The minimum Gasteiger partial charge on any atom is -0.408 e. The first-order valence-electron chi connectivity index (χ1n) is 10.8. The maximum atomic E-state index is 11.3. The number of aromatic nitrogens is 2. The highest BCUT2D eigenvalue weighted by Gasteiger charge is 2.24. The highest BCUT2D eigenvalue weighted by atomic mass is 16.5. The summed E-state index contributed by atoms with van der Waals surface area (Å²) in [5, 5.41) is 3.40. The standard InChI is InChI=1S/C21H32N6O2/c1-2-16-6-3-4-11-25(16)14-15-27-17-7-5-8-18(29-20(22)28)19(17)24-21(27)26-12-9-23-10-13-26/h5,7-8,16,23H,2-4,6,9-15H2,1H3,(H2,22,28). The van der Waals surface area contributed by atoms with E-state index in [4.69, 9.17) is 15.5 Å². The number of fused-ring (bicyclic) bond motifs is 1. The fraction of sp³-hybridized carbons (Fsp3) is 0.619. The number of carbonyl (C=O) groups is 1. The second-order valence-electron chi connectivity index (χ2n) is 7.94. The van der Waals surface area contributed by atoms with Crippen molar-refractivity contribution in [2.24, 2.45) is 5.73 Å². The van der Waals surface area contributed by atoms with Crippen molar-refractivity contribution in [3.8, 4) is 5.75 Å². The summed E-state index contributed by atoms with van der Waals surface area (Å²) in [7, 11) is 0. The Morgan fingerprint density at radius 1 is 1.24 bits per heavy atom.